The predicted octanol–water partition coefficient (Wildman–Crippen LogP) is 2.90. The zero-order chi connectivity index (χ0) is 19.7. The highest BCUT2D eigenvalue weighted by Gasteiger charge is 2.35. The molecule has 1 aliphatic rings. The first kappa shape index (κ1) is 20.0. The molecule has 0 amide bonds. The van der Waals surface area contributed by atoms with E-state index in [4.69, 9.17) is 0 Å². The summed E-state index contributed by atoms with van der Waals surface area (Å²) in [7, 11) is -7.10. The summed E-state index contributed by atoms with van der Waals surface area (Å²) >= 11 is 0. The van der Waals surface area contributed by atoms with Crippen LogP contribution in [0.25, 0.3) is 0 Å². The van der Waals surface area contributed by atoms with Crippen molar-refractivity contribution in [3.63, 3.8) is 0 Å². The molecule has 0 aliphatic carbocycles. The molecule has 0 spiro atoms. The van der Waals surface area contributed by atoms with Gasteiger partial charge in [-0.15, -0.1) is 0 Å². The van der Waals surface area contributed by atoms with Gasteiger partial charge in [-0.1, -0.05) is 29.8 Å². The number of hydrogen-bond acceptors (Lipinski definition) is 4. The number of nitrogens with zero attached hydrogens (tertiary/aromatic N) is 1. The van der Waals surface area contributed by atoms with Gasteiger partial charge in [0.25, 0.3) is 0 Å². The molecule has 3 rings (SSSR count). The van der Waals surface area contributed by atoms with Crippen molar-refractivity contribution in [3.05, 3.63) is 65.5 Å². The standard InChI is InChI=1S/C19H22FNO4S2/c1-15-3-2-4-16(13-15)14-26(22,23)21-11-9-19(10-12-21)27(24,25)18-7-5-17(20)6-8-18/h2-8,13,19H,9-12,14H2,1H3. The Morgan fingerprint density at radius 3 is 2.22 bits per heavy atom. The largest absolute Gasteiger partial charge is 0.223 e. The molecule has 1 saturated heterocycles. The van der Waals surface area contributed by atoms with Crippen molar-refractivity contribution < 1.29 is 21.2 Å². The van der Waals surface area contributed by atoms with E-state index < -0.39 is 30.9 Å². The fraction of sp³-hybridized carbons (Fsp3) is 0.368. The summed E-state index contributed by atoms with van der Waals surface area (Å²) in [5.41, 5.74) is 1.71. The van der Waals surface area contributed by atoms with Crippen molar-refractivity contribution in [2.75, 3.05) is 13.1 Å². The molecule has 1 fully saturated rings. The van der Waals surface area contributed by atoms with E-state index in [1.54, 1.807) is 6.07 Å². The molecule has 0 bridgehead atoms. The Labute approximate surface area is 159 Å². The maximum atomic E-state index is 13.0. The van der Waals surface area contributed by atoms with Crippen LogP contribution < -0.4 is 0 Å². The third-order valence-corrected chi connectivity index (χ3v) is 8.94. The second kappa shape index (κ2) is 7.69. The SMILES string of the molecule is Cc1cccc(CS(=O)(=O)N2CCC(S(=O)(=O)c3ccc(F)cc3)CC2)c1. The first-order chi connectivity index (χ1) is 12.7. The number of sulfonamides is 1. The number of aryl methyl sites for hydroxylation is 1. The minimum Gasteiger partial charge on any atom is -0.223 e. The highest BCUT2D eigenvalue weighted by atomic mass is 32.2. The van der Waals surface area contributed by atoms with Gasteiger partial charge in [-0.05, 0) is 49.6 Å². The van der Waals surface area contributed by atoms with Gasteiger partial charge in [-0.3, -0.25) is 0 Å². The van der Waals surface area contributed by atoms with Gasteiger partial charge in [-0.25, -0.2) is 25.5 Å². The van der Waals surface area contributed by atoms with Gasteiger partial charge in [0.2, 0.25) is 10.0 Å². The molecular formula is C19H22FNO4S2. The van der Waals surface area contributed by atoms with Crippen LogP contribution in [-0.4, -0.2) is 39.5 Å². The molecule has 27 heavy (non-hydrogen) atoms. The lowest BCUT2D eigenvalue weighted by Gasteiger charge is -2.31. The Hall–Kier alpha value is -1.77. The monoisotopic (exact) mass is 411 g/mol. The van der Waals surface area contributed by atoms with Crippen LogP contribution in [0.15, 0.2) is 53.4 Å². The molecule has 2 aromatic carbocycles. The van der Waals surface area contributed by atoms with E-state index >= 15 is 0 Å². The fourth-order valence-corrected chi connectivity index (χ4v) is 6.62. The summed E-state index contributed by atoms with van der Waals surface area (Å²) < 4.78 is 65.1. The van der Waals surface area contributed by atoms with E-state index in [1.807, 2.05) is 25.1 Å². The van der Waals surface area contributed by atoms with Gasteiger partial charge in [-0.2, -0.15) is 0 Å². The molecule has 0 radical (unpaired) electrons. The zero-order valence-electron chi connectivity index (χ0n) is 15.0. The van der Waals surface area contributed by atoms with E-state index in [-0.39, 0.29) is 36.6 Å². The molecule has 0 aromatic heterocycles. The van der Waals surface area contributed by atoms with Crippen LogP contribution in [0.4, 0.5) is 4.39 Å². The number of halogens is 1. The van der Waals surface area contributed by atoms with Gasteiger partial charge in [0, 0.05) is 13.1 Å². The van der Waals surface area contributed by atoms with Crippen LogP contribution in [0.1, 0.15) is 24.0 Å². The Kier molecular flexibility index (Phi) is 5.69. The lowest BCUT2D eigenvalue weighted by atomic mass is 10.2. The van der Waals surface area contributed by atoms with Crippen LogP contribution in [0.2, 0.25) is 0 Å². The summed E-state index contributed by atoms with van der Waals surface area (Å²) in [5.74, 6) is -0.588. The number of benzene rings is 2. The van der Waals surface area contributed by atoms with Crippen LogP contribution in [0.5, 0.6) is 0 Å². The van der Waals surface area contributed by atoms with Crippen LogP contribution in [-0.2, 0) is 25.6 Å². The Bertz CT molecular complexity index is 1010. The van der Waals surface area contributed by atoms with Crippen molar-refractivity contribution in [1.82, 2.24) is 4.31 Å². The second-order valence-electron chi connectivity index (χ2n) is 6.84. The first-order valence-corrected chi connectivity index (χ1v) is 11.9. The summed E-state index contributed by atoms with van der Waals surface area (Å²) in [6.45, 7) is 2.24. The van der Waals surface area contributed by atoms with Gasteiger partial charge < -0.3 is 0 Å². The van der Waals surface area contributed by atoms with Crippen molar-refractivity contribution in [2.24, 2.45) is 0 Å². The van der Waals surface area contributed by atoms with Crippen LogP contribution >= 0.6 is 0 Å². The number of hydrogen-bond donors (Lipinski definition) is 0. The maximum absolute atomic E-state index is 13.0. The maximum Gasteiger partial charge on any atom is 0.218 e. The second-order valence-corrected chi connectivity index (χ2v) is 11.0. The Morgan fingerprint density at radius 1 is 1.00 bits per heavy atom. The molecule has 0 atom stereocenters. The van der Waals surface area contributed by atoms with Gasteiger partial charge in [0.1, 0.15) is 5.82 Å². The molecular weight excluding hydrogens is 389 g/mol. The van der Waals surface area contributed by atoms with Crippen LogP contribution in [0.3, 0.4) is 0 Å². The minimum absolute atomic E-state index is 0.0740. The molecule has 5 nitrogen and oxygen atoms in total. The molecule has 0 N–H and O–H groups in total. The van der Waals surface area contributed by atoms with E-state index in [2.05, 4.69) is 0 Å². The molecule has 146 valence electrons. The summed E-state index contributed by atoms with van der Waals surface area (Å²) in [6.07, 6.45) is 0.458. The van der Waals surface area contributed by atoms with Gasteiger partial charge in [0.05, 0.1) is 15.9 Å². The Morgan fingerprint density at radius 2 is 1.63 bits per heavy atom. The average molecular weight is 412 g/mol. The minimum atomic E-state index is -3.60. The smallest absolute Gasteiger partial charge is 0.218 e. The Balaban J connectivity index is 1.68. The van der Waals surface area contributed by atoms with Crippen LogP contribution in [0, 0.1) is 12.7 Å². The molecule has 1 aliphatic heterocycles. The first-order valence-electron chi connectivity index (χ1n) is 8.71. The van der Waals surface area contributed by atoms with E-state index in [1.165, 1.54) is 16.4 Å². The summed E-state index contributed by atoms with van der Waals surface area (Å²) in [4.78, 5) is 0.0740. The highest BCUT2D eigenvalue weighted by Crippen LogP contribution is 2.26. The van der Waals surface area contributed by atoms with Gasteiger partial charge in [0.15, 0.2) is 9.84 Å². The van der Waals surface area contributed by atoms with Crippen molar-refractivity contribution >= 4 is 19.9 Å². The fourth-order valence-electron chi connectivity index (χ4n) is 3.34. The third-order valence-electron chi connectivity index (χ3n) is 4.81. The number of sulfone groups is 1. The number of rotatable bonds is 5. The lowest BCUT2D eigenvalue weighted by Crippen LogP contribution is -2.42. The molecule has 2 aromatic rings. The molecule has 0 saturated carbocycles. The van der Waals surface area contributed by atoms with Crippen molar-refractivity contribution in [1.29, 1.82) is 0 Å². The highest BCUT2D eigenvalue weighted by molar-refractivity contribution is 7.92. The summed E-state index contributed by atoms with van der Waals surface area (Å²) in [5, 5.41) is -0.659. The zero-order valence-corrected chi connectivity index (χ0v) is 16.6. The van der Waals surface area contributed by atoms with Gasteiger partial charge >= 0.3 is 0 Å². The number of piperidine rings is 1. The molecule has 8 heteroatoms. The predicted molar refractivity (Wildman–Crippen MR) is 102 cm³/mol. The van der Waals surface area contributed by atoms with Crippen molar-refractivity contribution in [3.8, 4) is 0 Å². The lowest BCUT2D eigenvalue weighted by molar-refractivity contribution is 0.345. The van der Waals surface area contributed by atoms with E-state index in [9.17, 15) is 21.2 Å². The normalized spacial score (nSPS) is 17.1. The van der Waals surface area contributed by atoms with Crippen molar-refractivity contribution in [2.45, 2.75) is 35.7 Å². The molecule has 1 heterocycles. The third kappa shape index (κ3) is 4.56. The van der Waals surface area contributed by atoms with E-state index in [0.717, 1.165) is 23.3 Å². The molecule has 0 unspecified atom stereocenters. The average Bonchev–Trinajstić information content (AvgIpc) is 2.62. The topological polar surface area (TPSA) is 71.5 Å². The van der Waals surface area contributed by atoms with E-state index in [0.29, 0.717) is 0 Å². The quantitative estimate of drug-likeness (QED) is 0.710. The summed E-state index contributed by atoms with van der Waals surface area (Å²) in [6, 6.07) is 12.1.